The van der Waals surface area contributed by atoms with Crippen LogP contribution in [0.25, 0.3) is 0 Å². The quantitative estimate of drug-likeness (QED) is 0.836. The lowest BCUT2D eigenvalue weighted by Crippen LogP contribution is -2.47. The molecule has 1 aliphatic carbocycles. The first kappa shape index (κ1) is 13.4. The largest absolute Gasteiger partial charge is 0.481 e. The van der Waals surface area contributed by atoms with E-state index in [0.717, 1.165) is 45.1 Å². The van der Waals surface area contributed by atoms with Gasteiger partial charge in [-0.25, -0.2) is 0 Å². The van der Waals surface area contributed by atoms with Crippen LogP contribution in [0.2, 0.25) is 0 Å². The van der Waals surface area contributed by atoms with Gasteiger partial charge in [-0.1, -0.05) is 6.92 Å². The summed E-state index contributed by atoms with van der Waals surface area (Å²) in [4.78, 5) is 11.9. The van der Waals surface area contributed by atoms with Gasteiger partial charge in [0.1, 0.15) is 0 Å². The highest BCUT2D eigenvalue weighted by Gasteiger charge is 2.54. The van der Waals surface area contributed by atoms with Gasteiger partial charge >= 0.3 is 5.97 Å². The first-order valence-corrected chi connectivity index (χ1v) is 7.51. The van der Waals surface area contributed by atoms with Crippen molar-refractivity contribution < 1.29 is 19.4 Å². The molecule has 3 rings (SSSR count). The third-order valence-corrected chi connectivity index (χ3v) is 5.56. The van der Waals surface area contributed by atoms with E-state index in [4.69, 9.17) is 9.47 Å². The van der Waals surface area contributed by atoms with Crippen LogP contribution in [0.1, 0.15) is 45.4 Å². The van der Waals surface area contributed by atoms with E-state index >= 15 is 0 Å². The van der Waals surface area contributed by atoms with Crippen LogP contribution in [0.15, 0.2) is 0 Å². The number of aliphatic carboxylic acids is 1. The summed E-state index contributed by atoms with van der Waals surface area (Å²) in [7, 11) is 0. The van der Waals surface area contributed by atoms with Crippen LogP contribution in [0.4, 0.5) is 0 Å². The van der Waals surface area contributed by atoms with E-state index in [9.17, 15) is 9.90 Å². The van der Waals surface area contributed by atoms with E-state index in [2.05, 4.69) is 6.92 Å². The maximum Gasteiger partial charge on any atom is 0.309 e. The van der Waals surface area contributed by atoms with Crippen molar-refractivity contribution in [3.8, 4) is 0 Å². The highest BCUT2D eigenvalue weighted by Crippen LogP contribution is 2.53. The third kappa shape index (κ3) is 2.19. The number of carboxylic acids is 1. The zero-order valence-corrected chi connectivity index (χ0v) is 11.7. The van der Waals surface area contributed by atoms with Crippen molar-refractivity contribution in [3.05, 3.63) is 0 Å². The van der Waals surface area contributed by atoms with E-state index < -0.39 is 11.4 Å². The van der Waals surface area contributed by atoms with Gasteiger partial charge in [0.15, 0.2) is 0 Å². The van der Waals surface area contributed by atoms with Crippen LogP contribution >= 0.6 is 0 Å². The summed E-state index contributed by atoms with van der Waals surface area (Å²) in [6.45, 7) is 4.27. The fraction of sp³-hybridized carbons (Fsp3) is 0.933. The number of carbonyl (C=O) groups is 1. The Hall–Kier alpha value is -0.610. The van der Waals surface area contributed by atoms with Gasteiger partial charge < -0.3 is 14.6 Å². The smallest absolute Gasteiger partial charge is 0.309 e. The average Bonchev–Trinajstić information content (AvgIpc) is 2.98. The third-order valence-electron chi connectivity index (χ3n) is 5.56. The lowest BCUT2D eigenvalue weighted by molar-refractivity contribution is -0.163. The molecule has 4 nitrogen and oxygen atoms in total. The fourth-order valence-electron chi connectivity index (χ4n) is 4.43. The van der Waals surface area contributed by atoms with Gasteiger partial charge in [0.25, 0.3) is 0 Å². The average molecular weight is 268 g/mol. The van der Waals surface area contributed by atoms with Gasteiger partial charge in [0, 0.05) is 19.6 Å². The van der Waals surface area contributed by atoms with Crippen molar-refractivity contribution in [3.63, 3.8) is 0 Å². The van der Waals surface area contributed by atoms with E-state index in [0.29, 0.717) is 19.1 Å². The van der Waals surface area contributed by atoms with Crippen LogP contribution < -0.4 is 0 Å². The molecule has 2 saturated heterocycles. The maximum absolute atomic E-state index is 11.9. The van der Waals surface area contributed by atoms with E-state index in [-0.39, 0.29) is 11.5 Å². The molecule has 3 aliphatic rings. The summed E-state index contributed by atoms with van der Waals surface area (Å²) in [6, 6.07) is 0. The summed E-state index contributed by atoms with van der Waals surface area (Å²) < 4.78 is 11.4. The summed E-state index contributed by atoms with van der Waals surface area (Å²) in [5, 5.41) is 9.79. The van der Waals surface area contributed by atoms with Gasteiger partial charge in [-0.3, -0.25) is 4.79 Å². The van der Waals surface area contributed by atoms with Crippen LogP contribution in [-0.2, 0) is 14.3 Å². The number of hydrogen-bond acceptors (Lipinski definition) is 3. The monoisotopic (exact) mass is 268 g/mol. The van der Waals surface area contributed by atoms with Gasteiger partial charge in [-0.15, -0.1) is 0 Å². The predicted molar refractivity (Wildman–Crippen MR) is 69.9 cm³/mol. The first-order chi connectivity index (χ1) is 9.06. The van der Waals surface area contributed by atoms with Crippen LogP contribution in [0.5, 0.6) is 0 Å². The second-order valence-electron chi connectivity index (χ2n) is 6.83. The number of carboxylic acid groups (broad SMARTS) is 1. The van der Waals surface area contributed by atoms with Crippen LogP contribution in [-0.4, -0.2) is 36.5 Å². The van der Waals surface area contributed by atoms with Crippen molar-refractivity contribution in [2.45, 2.75) is 51.0 Å². The number of rotatable bonds is 2. The molecule has 19 heavy (non-hydrogen) atoms. The minimum atomic E-state index is -0.585. The summed E-state index contributed by atoms with van der Waals surface area (Å²) in [5.74, 6) is 0.206. The molecule has 0 amide bonds. The van der Waals surface area contributed by atoms with Crippen LogP contribution in [0, 0.1) is 17.3 Å². The maximum atomic E-state index is 11.9. The summed E-state index contributed by atoms with van der Waals surface area (Å²) >= 11 is 0. The van der Waals surface area contributed by atoms with Gasteiger partial charge in [-0.05, 0) is 43.9 Å². The van der Waals surface area contributed by atoms with Crippen molar-refractivity contribution in [2.75, 3.05) is 19.8 Å². The zero-order chi connectivity index (χ0) is 13.5. The number of ether oxygens (including phenoxy) is 2. The van der Waals surface area contributed by atoms with Crippen molar-refractivity contribution in [1.29, 1.82) is 0 Å². The Bertz CT molecular complexity index is 361. The molecule has 0 radical (unpaired) electrons. The Morgan fingerprint density at radius 3 is 2.63 bits per heavy atom. The Morgan fingerprint density at radius 2 is 2.05 bits per heavy atom. The zero-order valence-electron chi connectivity index (χ0n) is 11.7. The van der Waals surface area contributed by atoms with E-state index in [1.807, 2.05) is 0 Å². The lowest BCUT2D eigenvalue weighted by atomic mass is 9.66. The minimum absolute atomic E-state index is 0.183. The SMILES string of the molecule is CC1CCC(C(=O)O)(C2CCOC3(CCOC3)C2)C1. The molecule has 0 bridgehead atoms. The molecular weight excluding hydrogens is 244 g/mol. The Balaban J connectivity index is 1.81. The molecule has 1 N–H and O–H groups in total. The Morgan fingerprint density at radius 1 is 1.21 bits per heavy atom. The van der Waals surface area contributed by atoms with Gasteiger partial charge in [-0.2, -0.15) is 0 Å². The fourth-order valence-corrected chi connectivity index (χ4v) is 4.43. The minimum Gasteiger partial charge on any atom is -0.481 e. The molecule has 4 heteroatoms. The Labute approximate surface area is 114 Å². The molecule has 3 fully saturated rings. The van der Waals surface area contributed by atoms with Gasteiger partial charge in [0.05, 0.1) is 17.6 Å². The topological polar surface area (TPSA) is 55.8 Å². The molecule has 0 aromatic carbocycles. The highest BCUT2D eigenvalue weighted by molar-refractivity contribution is 5.75. The normalized spacial score (nSPS) is 46.8. The van der Waals surface area contributed by atoms with Crippen molar-refractivity contribution >= 4 is 5.97 Å². The van der Waals surface area contributed by atoms with E-state index in [1.165, 1.54) is 0 Å². The molecule has 108 valence electrons. The van der Waals surface area contributed by atoms with E-state index in [1.54, 1.807) is 0 Å². The molecule has 4 atom stereocenters. The summed E-state index contributed by atoms with van der Waals surface area (Å²) in [5.41, 5.74) is -0.685. The molecule has 2 aliphatic heterocycles. The standard InChI is InChI=1S/C15H24O4/c1-11-2-4-15(8-11,13(16)17)12-3-6-19-14(9-12)5-7-18-10-14/h11-12H,2-10H2,1H3,(H,16,17). The Kier molecular flexibility index (Phi) is 3.34. The second kappa shape index (κ2) is 4.74. The molecule has 1 saturated carbocycles. The highest BCUT2D eigenvalue weighted by atomic mass is 16.6. The lowest BCUT2D eigenvalue weighted by Gasteiger charge is -2.43. The first-order valence-electron chi connectivity index (χ1n) is 7.51. The van der Waals surface area contributed by atoms with Crippen molar-refractivity contribution in [2.24, 2.45) is 17.3 Å². The predicted octanol–water partition coefficient (Wildman–Crippen LogP) is 2.46. The molecule has 0 aromatic rings. The number of hydrogen-bond donors (Lipinski definition) is 1. The van der Waals surface area contributed by atoms with Crippen LogP contribution in [0.3, 0.4) is 0 Å². The molecule has 2 heterocycles. The summed E-state index contributed by atoms with van der Waals surface area (Å²) in [6.07, 6.45) is 5.41. The second-order valence-corrected chi connectivity index (χ2v) is 6.83. The molecule has 4 unspecified atom stereocenters. The van der Waals surface area contributed by atoms with Crippen molar-refractivity contribution in [1.82, 2.24) is 0 Å². The molecule has 1 spiro atoms. The molecular formula is C15H24O4. The molecule has 0 aromatic heterocycles. The van der Waals surface area contributed by atoms with Gasteiger partial charge in [0.2, 0.25) is 0 Å².